The van der Waals surface area contributed by atoms with Gasteiger partial charge in [-0.15, -0.1) is 0 Å². The molecule has 1 amide bonds. The number of likely N-dealkylation sites (tertiary alicyclic amines) is 1. The first-order valence-electron chi connectivity index (χ1n) is 13.9. The number of phenolic OH excluding ortho intramolecular Hbond substituents is 1. The van der Waals surface area contributed by atoms with E-state index in [9.17, 15) is 19.8 Å². The number of nitrogens with zero attached hydrogens (tertiary/aromatic N) is 2. The number of benzene rings is 2. The fraction of sp³-hybridized carbons (Fsp3) is 0.452. The van der Waals surface area contributed by atoms with E-state index in [1.54, 1.807) is 11.0 Å². The van der Waals surface area contributed by atoms with Gasteiger partial charge in [0.2, 0.25) is 0 Å². The Labute approximate surface area is 231 Å². The Balaban J connectivity index is 1.18. The summed E-state index contributed by atoms with van der Waals surface area (Å²) in [4.78, 5) is 30.6. The Morgan fingerprint density at radius 3 is 2.49 bits per heavy atom. The van der Waals surface area contributed by atoms with Gasteiger partial charge in [0.15, 0.2) is 16.7 Å². The van der Waals surface area contributed by atoms with Crippen LogP contribution in [0, 0.1) is 23.6 Å². The van der Waals surface area contributed by atoms with Crippen LogP contribution in [0.15, 0.2) is 46.3 Å². The number of thioether (sulfide) groups is 1. The molecule has 0 unspecified atom stereocenters. The molecular weight excluding hydrogens is 515 g/mol. The van der Waals surface area contributed by atoms with Crippen molar-refractivity contribution in [2.24, 2.45) is 22.7 Å². The fourth-order valence-electron chi connectivity index (χ4n) is 8.34. The number of rotatable bonds is 4. The molecule has 2 N–H and O–H groups in total. The van der Waals surface area contributed by atoms with Gasteiger partial charge in [0.25, 0.3) is 5.91 Å². The SMILES string of the molecule is O=C1N=C(N2CCC[C@@H]2C(=O)O)S/C1=C\c1cccc(-c2cc(F)c(O)c(C34CC5CC(CC(C5)C3)C4)c2)c1. The van der Waals surface area contributed by atoms with Crippen molar-refractivity contribution < 1.29 is 24.2 Å². The predicted octanol–water partition coefficient (Wildman–Crippen LogP) is 6.19. The van der Waals surface area contributed by atoms with Gasteiger partial charge >= 0.3 is 5.97 Å². The number of aliphatic imine (C=N–C) groups is 1. The van der Waals surface area contributed by atoms with Crippen LogP contribution < -0.4 is 0 Å². The highest BCUT2D eigenvalue weighted by atomic mass is 32.2. The largest absolute Gasteiger partial charge is 0.505 e. The van der Waals surface area contributed by atoms with Gasteiger partial charge in [0.05, 0.1) is 4.91 Å². The number of aromatic hydroxyl groups is 1. The molecule has 0 spiro atoms. The number of carbonyl (C=O) groups is 2. The Morgan fingerprint density at radius 2 is 1.79 bits per heavy atom. The summed E-state index contributed by atoms with van der Waals surface area (Å²) in [5.74, 6) is -0.0244. The highest BCUT2D eigenvalue weighted by molar-refractivity contribution is 8.18. The summed E-state index contributed by atoms with van der Waals surface area (Å²) >= 11 is 1.20. The maximum absolute atomic E-state index is 15.2. The van der Waals surface area contributed by atoms with E-state index in [1.165, 1.54) is 37.1 Å². The van der Waals surface area contributed by atoms with E-state index < -0.39 is 17.8 Å². The molecule has 6 aliphatic rings. The summed E-state index contributed by atoms with van der Waals surface area (Å²) in [6.07, 6.45) is 9.96. The molecule has 5 fully saturated rings. The maximum Gasteiger partial charge on any atom is 0.326 e. The molecule has 2 aromatic carbocycles. The molecule has 4 bridgehead atoms. The summed E-state index contributed by atoms with van der Waals surface area (Å²) in [5.41, 5.74) is 2.94. The van der Waals surface area contributed by atoms with E-state index >= 15 is 4.39 Å². The molecule has 2 aromatic rings. The quantitative estimate of drug-likeness (QED) is 0.445. The van der Waals surface area contributed by atoms with Crippen LogP contribution in [-0.2, 0) is 15.0 Å². The number of amidine groups is 1. The Morgan fingerprint density at radius 1 is 1.08 bits per heavy atom. The standard InChI is InChI=1S/C31H31FN2O4S/c32-24-13-22(12-23(27(24)35)31-14-18-7-19(15-31)9-20(8-18)16-31)21-4-1-3-17(10-21)11-26-28(36)33-30(39-26)34-6-2-5-25(34)29(37)38/h1,3-4,10-13,18-20,25,35H,2,5-9,14-16H2,(H,37,38)/b26-11-/t18?,19?,20?,25-,31?/m1/s1. The number of carboxylic acid groups (broad SMARTS) is 1. The normalized spacial score (nSPS) is 32.3. The van der Waals surface area contributed by atoms with E-state index in [1.807, 2.05) is 30.3 Å². The molecule has 39 heavy (non-hydrogen) atoms. The number of carbonyl (C=O) groups excluding carboxylic acids is 1. The topological polar surface area (TPSA) is 90.2 Å². The summed E-state index contributed by atoms with van der Waals surface area (Å²) in [7, 11) is 0. The van der Waals surface area contributed by atoms with Crippen molar-refractivity contribution in [3.05, 3.63) is 58.2 Å². The summed E-state index contributed by atoms with van der Waals surface area (Å²) < 4.78 is 15.2. The first-order valence-corrected chi connectivity index (χ1v) is 14.7. The average molecular weight is 547 g/mol. The van der Waals surface area contributed by atoms with Gasteiger partial charge in [-0.1, -0.05) is 18.2 Å². The Bertz CT molecular complexity index is 1410. The molecule has 1 saturated heterocycles. The first-order chi connectivity index (χ1) is 18.8. The summed E-state index contributed by atoms with van der Waals surface area (Å²) in [6.45, 7) is 0.567. The van der Waals surface area contributed by atoms with Crippen LogP contribution in [0.2, 0.25) is 0 Å². The lowest BCUT2D eigenvalue weighted by atomic mass is 9.48. The van der Waals surface area contributed by atoms with Gasteiger partial charge in [-0.25, -0.2) is 9.18 Å². The van der Waals surface area contributed by atoms with Crippen LogP contribution in [-0.4, -0.2) is 44.7 Å². The second-order valence-electron chi connectivity index (χ2n) is 12.2. The zero-order chi connectivity index (χ0) is 26.9. The minimum atomic E-state index is -0.901. The maximum atomic E-state index is 15.2. The number of halogens is 1. The van der Waals surface area contributed by atoms with Gasteiger partial charge < -0.3 is 15.1 Å². The van der Waals surface area contributed by atoms with Crippen LogP contribution in [0.4, 0.5) is 4.39 Å². The molecular formula is C31H31FN2O4S. The Hall–Kier alpha value is -3.13. The molecule has 8 heteroatoms. The highest BCUT2D eigenvalue weighted by Crippen LogP contribution is 2.62. The van der Waals surface area contributed by atoms with Crippen LogP contribution in [0.3, 0.4) is 0 Å². The smallest absolute Gasteiger partial charge is 0.326 e. The zero-order valence-corrected chi connectivity index (χ0v) is 22.4. The van der Waals surface area contributed by atoms with E-state index in [0.717, 1.165) is 47.9 Å². The van der Waals surface area contributed by atoms with Gasteiger partial charge in [0.1, 0.15) is 6.04 Å². The minimum Gasteiger partial charge on any atom is -0.505 e. The number of aliphatic carboxylic acids is 1. The molecule has 0 aromatic heterocycles. The predicted molar refractivity (Wildman–Crippen MR) is 149 cm³/mol. The molecule has 2 aliphatic heterocycles. The number of hydrogen-bond acceptors (Lipinski definition) is 5. The van der Waals surface area contributed by atoms with Gasteiger partial charge in [0, 0.05) is 12.1 Å². The van der Waals surface area contributed by atoms with E-state index in [0.29, 0.717) is 40.8 Å². The first kappa shape index (κ1) is 24.9. The lowest BCUT2D eigenvalue weighted by molar-refractivity contribution is -0.140. The van der Waals surface area contributed by atoms with Crippen LogP contribution in [0.25, 0.3) is 17.2 Å². The minimum absolute atomic E-state index is 0.140. The van der Waals surface area contributed by atoms with Crippen molar-refractivity contribution in [3.8, 4) is 16.9 Å². The molecule has 4 aliphatic carbocycles. The summed E-state index contributed by atoms with van der Waals surface area (Å²) in [6, 6.07) is 10.3. The number of phenols is 1. The number of carboxylic acids is 1. The zero-order valence-electron chi connectivity index (χ0n) is 21.6. The van der Waals surface area contributed by atoms with E-state index in [2.05, 4.69) is 4.99 Å². The van der Waals surface area contributed by atoms with Crippen molar-refractivity contribution in [2.45, 2.75) is 62.8 Å². The molecule has 8 rings (SSSR count). The van der Waals surface area contributed by atoms with Crippen molar-refractivity contribution >= 4 is 34.9 Å². The van der Waals surface area contributed by atoms with Crippen LogP contribution in [0.1, 0.15) is 62.5 Å². The monoisotopic (exact) mass is 546 g/mol. The second-order valence-corrected chi connectivity index (χ2v) is 13.2. The van der Waals surface area contributed by atoms with Crippen LogP contribution in [0.5, 0.6) is 5.75 Å². The average Bonchev–Trinajstić information content (AvgIpc) is 3.52. The van der Waals surface area contributed by atoms with Crippen molar-refractivity contribution in [1.82, 2.24) is 4.90 Å². The third kappa shape index (κ3) is 4.28. The highest BCUT2D eigenvalue weighted by Gasteiger charge is 2.52. The number of hydrogen-bond donors (Lipinski definition) is 2. The van der Waals surface area contributed by atoms with Crippen molar-refractivity contribution in [1.29, 1.82) is 0 Å². The van der Waals surface area contributed by atoms with E-state index in [-0.39, 0.29) is 17.1 Å². The molecule has 1 atom stereocenters. The van der Waals surface area contributed by atoms with E-state index in [4.69, 9.17) is 0 Å². The van der Waals surface area contributed by atoms with Gasteiger partial charge in [-0.3, -0.25) is 4.79 Å². The lowest BCUT2D eigenvalue weighted by Crippen LogP contribution is -2.48. The van der Waals surface area contributed by atoms with Crippen molar-refractivity contribution in [3.63, 3.8) is 0 Å². The third-order valence-corrected chi connectivity index (χ3v) is 10.6. The van der Waals surface area contributed by atoms with Crippen LogP contribution >= 0.6 is 11.8 Å². The Kier molecular flexibility index (Phi) is 5.88. The molecule has 202 valence electrons. The third-order valence-electron chi connectivity index (χ3n) is 9.58. The van der Waals surface area contributed by atoms with Gasteiger partial charge in [-0.2, -0.15) is 4.99 Å². The molecule has 2 heterocycles. The molecule has 4 saturated carbocycles. The molecule has 6 nitrogen and oxygen atoms in total. The fourth-order valence-corrected chi connectivity index (χ4v) is 9.33. The molecule has 0 radical (unpaired) electrons. The lowest BCUT2D eigenvalue weighted by Gasteiger charge is -2.57. The van der Waals surface area contributed by atoms with Gasteiger partial charge in [-0.05, 0) is 127 Å². The summed E-state index contributed by atoms with van der Waals surface area (Å²) in [5, 5.41) is 20.8. The number of amides is 1. The second kappa shape index (κ2) is 9.22. The van der Waals surface area contributed by atoms with Crippen molar-refractivity contribution in [2.75, 3.05) is 6.54 Å².